The molecule has 16 heteroatoms. The highest BCUT2D eigenvalue weighted by atomic mass is 32.2. The van der Waals surface area contributed by atoms with Crippen LogP contribution in [0.5, 0.6) is 5.75 Å². The number of pyridine rings is 1. The number of benzene rings is 5. The number of nitro benzene ring substituents is 1. The van der Waals surface area contributed by atoms with Crippen LogP contribution in [-0.2, 0) is 16.4 Å². The highest BCUT2D eigenvalue weighted by Gasteiger charge is 2.27. The number of anilines is 1. The van der Waals surface area contributed by atoms with Crippen molar-refractivity contribution in [3.8, 4) is 17.0 Å². The zero-order chi connectivity index (χ0) is 47.8. The van der Waals surface area contributed by atoms with Crippen LogP contribution in [0, 0.1) is 29.9 Å². The standard InChI is InChI=1S/C51H54N6O8S2/c1-33(2)31-55(5)26-25-38(32-66-39-16-7-6-8-17-39)52-43-24-23-40(30-46(43)57(61)62)67(63,64)54-50(58)37-28-34(3)48(35(4)29-37)45-21-12-20-44-42(49(51(59)60)53-56(44)45)19-13-27-65-47-22-11-15-36-14-9-10-18-41(36)47/h6-12,14-18,20-24,28-30,33,38,52H,13,19,25-27,31-32H2,1-5H3,(H,54,58)(H,59,60)/t38-/m1/s1. The number of nitrogens with zero attached hydrogens (tertiary/aromatic N) is 4. The number of aryl methyl sites for hydroxylation is 3. The van der Waals surface area contributed by atoms with Crippen LogP contribution < -0.4 is 14.8 Å². The SMILES string of the molecule is Cc1cc(C(=O)NS(=O)(=O)c2ccc(N[C@H](CCN(C)CC(C)C)CSc3ccccc3)c([N+](=O)[O-])c2)cc(C)c1-c1cccc2c(CCCOc3cccc4ccccc34)c(C(=O)O)nn12. The molecule has 2 heterocycles. The number of carbonyl (C=O) groups is 2. The Labute approximate surface area is 394 Å². The van der Waals surface area contributed by atoms with Gasteiger partial charge in [-0.25, -0.2) is 22.4 Å². The van der Waals surface area contributed by atoms with Crippen LogP contribution >= 0.6 is 11.8 Å². The van der Waals surface area contributed by atoms with E-state index in [0.717, 1.165) is 40.6 Å². The van der Waals surface area contributed by atoms with Crippen LogP contribution in [0.4, 0.5) is 11.4 Å². The molecule has 7 aromatic rings. The topological polar surface area (TPSA) is 185 Å². The fourth-order valence-electron chi connectivity index (χ4n) is 8.39. The number of ether oxygens (including phenoxy) is 1. The Balaban J connectivity index is 1.08. The third kappa shape index (κ3) is 11.6. The molecule has 0 aliphatic heterocycles. The van der Waals surface area contributed by atoms with Crippen LogP contribution in [0.3, 0.4) is 0 Å². The van der Waals surface area contributed by atoms with E-state index in [0.29, 0.717) is 71.0 Å². The third-order valence-corrected chi connectivity index (χ3v) is 13.9. The molecule has 0 saturated heterocycles. The van der Waals surface area contributed by atoms with E-state index in [1.54, 1.807) is 48.3 Å². The van der Waals surface area contributed by atoms with Gasteiger partial charge in [0.15, 0.2) is 5.69 Å². The third-order valence-electron chi connectivity index (χ3n) is 11.4. The van der Waals surface area contributed by atoms with Gasteiger partial charge in [0.05, 0.1) is 27.6 Å². The molecular formula is C51H54N6O8S2. The molecule has 14 nitrogen and oxygen atoms in total. The van der Waals surface area contributed by atoms with Crippen molar-refractivity contribution >= 4 is 61.3 Å². The van der Waals surface area contributed by atoms with Crippen LogP contribution in [0.1, 0.15) is 64.2 Å². The van der Waals surface area contributed by atoms with Crippen molar-refractivity contribution in [3.05, 3.63) is 159 Å². The minimum Gasteiger partial charge on any atom is -0.493 e. The summed E-state index contributed by atoms with van der Waals surface area (Å²) < 4.78 is 37.2. The van der Waals surface area contributed by atoms with Crippen molar-refractivity contribution < 1.29 is 32.8 Å². The first-order valence-corrected chi connectivity index (χ1v) is 24.5. The zero-order valence-electron chi connectivity index (χ0n) is 38.1. The van der Waals surface area contributed by atoms with E-state index in [9.17, 15) is 33.2 Å². The Kier molecular flexibility index (Phi) is 15.3. The Hall–Kier alpha value is -6.75. The maximum absolute atomic E-state index is 13.7. The number of nitrogens with one attached hydrogen (secondary N) is 2. The first-order chi connectivity index (χ1) is 32.1. The molecule has 0 fully saturated rings. The van der Waals surface area contributed by atoms with Gasteiger partial charge in [-0.2, -0.15) is 5.10 Å². The number of thioether (sulfide) groups is 1. The van der Waals surface area contributed by atoms with Crippen LogP contribution in [0.15, 0.2) is 131 Å². The number of aromatic carboxylic acids is 1. The molecule has 3 N–H and O–H groups in total. The molecule has 1 atom stereocenters. The summed E-state index contributed by atoms with van der Waals surface area (Å²) in [6.07, 6.45) is 1.59. The van der Waals surface area contributed by atoms with E-state index >= 15 is 0 Å². The number of nitro groups is 1. The Morgan fingerprint density at radius 2 is 1.63 bits per heavy atom. The van der Waals surface area contributed by atoms with E-state index in [1.807, 2.05) is 92.0 Å². The predicted molar refractivity (Wildman–Crippen MR) is 264 cm³/mol. The molecule has 5 aromatic carbocycles. The second kappa shape index (κ2) is 21.3. The van der Waals surface area contributed by atoms with Gasteiger partial charge >= 0.3 is 5.97 Å². The van der Waals surface area contributed by atoms with E-state index in [2.05, 4.69) is 33.9 Å². The van der Waals surface area contributed by atoms with Crippen molar-refractivity contribution in [3.63, 3.8) is 0 Å². The molecule has 1 amide bonds. The molecule has 0 bridgehead atoms. The lowest BCUT2D eigenvalue weighted by Gasteiger charge is -2.24. The lowest BCUT2D eigenvalue weighted by molar-refractivity contribution is -0.384. The summed E-state index contributed by atoms with van der Waals surface area (Å²) in [5.41, 5.74) is 3.34. The second-order valence-corrected chi connectivity index (χ2v) is 19.8. The van der Waals surface area contributed by atoms with Crippen molar-refractivity contribution in [2.45, 2.75) is 62.8 Å². The van der Waals surface area contributed by atoms with Gasteiger partial charge in [-0.05, 0) is 124 Å². The van der Waals surface area contributed by atoms with E-state index in [-0.39, 0.29) is 23.0 Å². The maximum Gasteiger partial charge on any atom is 0.356 e. The van der Waals surface area contributed by atoms with Crippen molar-refractivity contribution in [1.29, 1.82) is 0 Å². The monoisotopic (exact) mass is 942 g/mol. The van der Waals surface area contributed by atoms with Gasteiger partial charge in [-0.1, -0.05) is 74.5 Å². The number of amides is 1. The number of carboxylic acid groups (broad SMARTS) is 1. The summed E-state index contributed by atoms with van der Waals surface area (Å²) >= 11 is 1.62. The first kappa shape index (κ1) is 48.2. The van der Waals surface area contributed by atoms with Gasteiger partial charge in [0.25, 0.3) is 21.6 Å². The summed E-state index contributed by atoms with van der Waals surface area (Å²) in [6, 6.07) is 35.6. The smallest absolute Gasteiger partial charge is 0.356 e. The fourth-order valence-corrected chi connectivity index (χ4v) is 10.4. The quantitative estimate of drug-likeness (QED) is 0.0268. The maximum atomic E-state index is 13.7. The molecule has 67 heavy (non-hydrogen) atoms. The second-order valence-electron chi connectivity index (χ2n) is 17.0. The van der Waals surface area contributed by atoms with E-state index in [1.165, 1.54) is 12.1 Å². The van der Waals surface area contributed by atoms with Crippen LogP contribution in [0.2, 0.25) is 0 Å². The number of carbonyl (C=O) groups excluding carboxylic acids is 1. The Morgan fingerprint density at radius 3 is 2.34 bits per heavy atom. The van der Waals surface area contributed by atoms with Crippen LogP contribution in [-0.4, -0.2) is 83.4 Å². The predicted octanol–water partition coefficient (Wildman–Crippen LogP) is 10.1. The summed E-state index contributed by atoms with van der Waals surface area (Å²) in [4.78, 5) is 40.8. The number of carboxylic acids is 1. The average molecular weight is 943 g/mol. The number of hydrogen-bond donors (Lipinski definition) is 3. The van der Waals surface area contributed by atoms with Gasteiger partial charge in [0, 0.05) is 51.4 Å². The van der Waals surface area contributed by atoms with Gasteiger partial charge < -0.3 is 20.1 Å². The Morgan fingerprint density at radius 1 is 0.925 bits per heavy atom. The molecular weight excluding hydrogens is 889 g/mol. The highest BCUT2D eigenvalue weighted by molar-refractivity contribution is 7.99. The van der Waals surface area contributed by atoms with Gasteiger partial charge in [0.2, 0.25) is 0 Å². The largest absolute Gasteiger partial charge is 0.493 e. The van der Waals surface area contributed by atoms with E-state index < -0.39 is 37.4 Å². The fraction of sp³-hybridized carbons (Fsp3) is 0.275. The Bertz CT molecular complexity index is 3020. The summed E-state index contributed by atoms with van der Waals surface area (Å²) in [5.74, 6) is -0.267. The summed E-state index contributed by atoms with van der Waals surface area (Å²) in [7, 11) is -2.53. The normalized spacial score (nSPS) is 12.2. The lowest BCUT2D eigenvalue weighted by Crippen LogP contribution is -2.32. The molecule has 0 aliphatic rings. The molecule has 0 aliphatic carbocycles. The number of hydrogen-bond acceptors (Lipinski definition) is 11. The first-order valence-electron chi connectivity index (χ1n) is 22.0. The number of sulfonamides is 1. The minimum atomic E-state index is -4.57. The molecule has 2 aromatic heterocycles. The van der Waals surface area contributed by atoms with Crippen molar-refractivity contribution in [2.75, 3.05) is 37.8 Å². The molecule has 0 unspecified atom stereocenters. The van der Waals surface area contributed by atoms with Crippen molar-refractivity contribution in [2.24, 2.45) is 5.92 Å². The molecule has 348 valence electrons. The molecule has 0 radical (unpaired) electrons. The average Bonchev–Trinajstić information content (AvgIpc) is 3.68. The molecule has 7 rings (SSSR count). The highest BCUT2D eigenvalue weighted by Crippen LogP contribution is 2.33. The van der Waals surface area contributed by atoms with Crippen LogP contribution in [0.25, 0.3) is 27.5 Å². The number of fused-ring (bicyclic) bond motifs is 2. The van der Waals surface area contributed by atoms with Gasteiger partial charge in [-0.3, -0.25) is 14.9 Å². The minimum absolute atomic E-state index is 0.0436. The van der Waals surface area contributed by atoms with Crippen molar-refractivity contribution in [1.82, 2.24) is 19.2 Å². The summed E-state index contributed by atoms with van der Waals surface area (Å²) in [5, 5.41) is 32.6. The number of rotatable bonds is 21. The number of aromatic nitrogens is 2. The zero-order valence-corrected chi connectivity index (χ0v) is 39.7. The summed E-state index contributed by atoms with van der Waals surface area (Å²) in [6.45, 7) is 9.81. The molecule has 0 spiro atoms. The van der Waals surface area contributed by atoms with Gasteiger partial charge in [0.1, 0.15) is 11.4 Å². The van der Waals surface area contributed by atoms with E-state index in [4.69, 9.17) is 4.74 Å². The van der Waals surface area contributed by atoms with Gasteiger partial charge in [-0.15, -0.1) is 11.8 Å². The lowest BCUT2D eigenvalue weighted by atomic mass is 9.96. The molecule has 0 saturated carbocycles.